The van der Waals surface area contributed by atoms with Crippen LogP contribution in [0.15, 0.2) is 66.7 Å². The molecule has 1 atom stereocenters. The van der Waals surface area contributed by atoms with E-state index in [1.807, 2.05) is 23.1 Å². The minimum atomic E-state index is -0.172. The van der Waals surface area contributed by atoms with E-state index < -0.39 is 0 Å². The van der Waals surface area contributed by atoms with E-state index in [4.69, 9.17) is 9.47 Å². The molecule has 4 aromatic rings. The summed E-state index contributed by atoms with van der Waals surface area (Å²) < 4.78 is 10.9. The fourth-order valence-electron chi connectivity index (χ4n) is 4.75. The third kappa shape index (κ3) is 2.88. The van der Waals surface area contributed by atoms with Crippen molar-refractivity contribution in [2.45, 2.75) is 19.4 Å². The number of H-pyrrole nitrogens is 1. The zero-order valence-electron chi connectivity index (χ0n) is 17.2. The Morgan fingerprint density at radius 1 is 1.00 bits per heavy atom. The van der Waals surface area contributed by atoms with E-state index in [0.717, 1.165) is 23.2 Å². The molecule has 0 fully saturated rings. The van der Waals surface area contributed by atoms with E-state index in [1.165, 1.54) is 16.5 Å². The molecular formula is C26H22N2O3. The molecule has 3 heterocycles. The predicted octanol–water partition coefficient (Wildman–Crippen LogP) is 4.99. The lowest BCUT2D eigenvalue weighted by Crippen LogP contribution is -2.40. The number of fused-ring (bicyclic) bond motifs is 4. The van der Waals surface area contributed by atoms with Gasteiger partial charge >= 0.3 is 0 Å². The number of amides is 1. The van der Waals surface area contributed by atoms with Crippen molar-refractivity contribution in [3.05, 3.63) is 94.7 Å². The molecule has 1 aromatic heterocycles. The number of benzene rings is 3. The average Bonchev–Trinajstić information content (AvgIpc) is 3.42. The summed E-state index contributed by atoms with van der Waals surface area (Å²) in [5, 5.41) is 1.24. The SMILES string of the molecule is Cc1ccc([C@H]2c3[nH]c4ccccc4c3CCN2C(=O)c2ccc3c(c2)OCO3)cc1. The Bertz CT molecular complexity index is 1310. The van der Waals surface area contributed by atoms with E-state index in [9.17, 15) is 4.79 Å². The van der Waals surface area contributed by atoms with Gasteiger partial charge in [-0.2, -0.15) is 0 Å². The number of aryl methyl sites for hydroxylation is 1. The normalized spacial score (nSPS) is 17.1. The molecule has 31 heavy (non-hydrogen) atoms. The zero-order valence-corrected chi connectivity index (χ0v) is 17.2. The van der Waals surface area contributed by atoms with Gasteiger partial charge in [0.05, 0.1) is 6.04 Å². The van der Waals surface area contributed by atoms with Gasteiger partial charge in [0.2, 0.25) is 6.79 Å². The number of hydrogen-bond donors (Lipinski definition) is 1. The lowest BCUT2D eigenvalue weighted by Gasteiger charge is -2.36. The summed E-state index contributed by atoms with van der Waals surface area (Å²) in [4.78, 5) is 19.3. The Morgan fingerprint density at radius 2 is 1.81 bits per heavy atom. The number of nitrogens with one attached hydrogen (secondary N) is 1. The minimum absolute atomic E-state index is 0.00631. The van der Waals surface area contributed by atoms with Crippen molar-refractivity contribution in [3.8, 4) is 11.5 Å². The van der Waals surface area contributed by atoms with E-state index in [-0.39, 0.29) is 18.7 Å². The van der Waals surface area contributed by atoms with Crippen LogP contribution in [0.4, 0.5) is 0 Å². The van der Waals surface area contributed by atoms with Crippen LogP contribution in [0.3, 0.4) is 0 Å². The van der Waals surface area contributed by atoms with E-state index in [2.05, 4.69) is 54.4 Å². The van der Waals surface area contributed by atoms with Gasteiger partial charge in [0, 0.05) is 28.7 Å². The summed E-state index contributed by atoms with van der Waals surface area (Å²) >= 11 is 0. The number of aromatic nitrogens is 1. The van der Waals surface area contributed by atoms with Gasteiger partial charge in [-0.15, -0.1) is 0 Å². The fraction of sp³-hybridized carbons (Fsp3) is 0.192. The number of ether oxygens (including phenoxy) is 2. The molecule has 0 saturated heterocycles. The fourth-order valence-corrected chi connectivity index (χ4v) is 4.75. The highest BCUT2D eigenvalue weighted by Gasteiger charge is 2.35. The van der Waals surface area contributed by atoms with Crippen LogP contribution >= 0.6 is 0 Å². The Morgan fingerprint density at radius 3 is 2.68 bits per heavy atom. The molecule has 5 heteroatoms. The van der Waals surface area contributed by atoms with Crippen molar-refractivity contribution in [3.63, 3.8) is 0 Å². The first kappa shape index (κ1) is 18.1. The summed E-state index contributed by atoms with van der Waals surface area (Å²) in [6.07, 6.45) is 0.817. The highest BCUT2D eigenvalue weighted by Crippen LogP contribution is 2.40. The number of carbonyl (C=O) groups excluding carboxylic acids is 1. The van der Waals surface area contributed by atoms with E-state index in [1.54, 1.807) is 6.07 Å². The van der Waals surface area contributed by atoms with Gasteiger partial charge in [-0.05, 0) is 48.7 Å². The summed E-state index contributed by atoms with van der Waals surface area (Å²) in [7, 11) is 0. The molecule has 0 saturated carbocycles. The Balaban J connectivity index is 1.47. The predicted molar refractivity (Wildman–Crippen MR) is 119 cm³/mol. The molecule has 3 aromatic carbocycles. The largest absolute Gasteiger partial charge is 0.454 e. The minimum Gasteiger partial charge on any atom is -0.454 e. The van der Waals surface area contributed by atoms with Crippen LogP contribution in [0.1, 0.15) is 38.8 Å². The molecule has 0 radical (unpaired) electrons. The van der Waals surface area contributed by atoms with E-state index in [0.29, 0.717) is 23.6 Å². The van der Waals surface area contributed by atoms with Crippen molar-refractivity contribution >= 4 is 16.8 Å². The molecule has 0 unspecified atom stereocenters. The van der Waals surface area contributed by atoms with Gasteiger partial charge < -0.3 is 19.4 Å². The number of carbonyl (C=O) groups is 1. The first-order chi connectivity index (χ1) is 15.2. The van der Waals surface area contributed by atoms with Gasteiger partial charge in [-0.25, -0.2) is 0 Å². The molecular weight excluding hydrogens is 388 g/mol. The van der Waals surface area contributed by atoms with E-state index >= 15 is 0 Å². The highest BCUT2D eigenvalue weighted by atomic mass is 16.7. The van der Waals surface area contributed by atoms with Crippen LogP contribution in [0, 0.1) is 6.92 Å². The molecule has 2 aliphatic heterocycles. The number of rotatable bonds is 2. The second-order valence-electron chi connectivity index (χ2n) is 8.19. The van der Waals surface area contributed by atoms with Gasteiger partial charge in [0.15, 0.2) is 11.5 Å². The van der Waals surface area contributed by atoms with Crippen molar-refractivity contribution in [2.75, 3.05) is 13.3 Å². The zero-order chi connectivity index (χ0) is 20.9. The molecule has 0 spiro atoms. The summed E-state index contributed by atoms with van der Waals surface area (Å²) in [5.74, 6) is 1.30. The second kappa shape index (κ2) is 6.91. The lowest BCUT2D eigenvalue weighted by atomic mass is 9.91. The third-order valence-electron chi connectivity index (χ3n) is 6.31. The highest BCUT2D eigenvalue weighted by molar-refractivity contribution is 5.96. The Labute approximate surface area is 180 Å². The molecule has 0 bridgehead atoms. The van der Waals surface area contributed by atoms with Crippen LogP contribution < -0.4 is 9.47 Å². The first-order valence-corrected chi connectivity index (χ1v) is 10.6. The molecule has 154 valence electrons. The number of nitrogens with zero attached hydrogens (tertiary/aromatic N) is 1. The third-order valence-corrected chi connectivity index (χ3v) is 6.31. The smallest absolute Gasteiger partial charge is 0.254 e. The number of hydrogen-bond acceptors (Lipinski definition) is 3. The van der Waals surface area contributed by atoms with Crippen molar-refractivity contribution in [2.24, 2.45) is 0 Å². The molecule has 2 aliphatic rings. The number of para-hydroxylation sites is 1. The van der Waals surface area contributed by atoms with Gasteiger partial charge in [-0.3, -0.25) is 4.79 Å². The standard InChI is InChI=1S/C26H22N2O3/c1-16-6-8-17(9-7-16)25-24-20(19-4-2-3-5-21(19)27-24)12-13-28(25)26(29)18-10-11-22-23(14-18)31-15-30-22/h2-11,14,25,27H,12-13,15H2,1H3/t25-/m0/s1. The summed E-state index contributed by atoms with van der Waals surface area (Å²) in [6, 6.07) is 22.1. The summed E-state index contributed by atoms with van der Waals surface area (Å²) in [6.45, 7) is 2.93. The molecule has 1 amide bonds. The summed E-state index contributed by atoms with van der Waals surface area (Å²) in [5.41, 5.74) is 6.43. The average molecular weight is 410 g/mol. The Hall–Kier alpha value is -3.73. The first-order valence-electron chi connectivity index (χ1n) is 10.6. The van der Waals surface area contributed by atoms with Crippen LogP contribution in [-0.2, 0) is 6.42 Å². The Kier molecular flexibility index (Phi) is 4.03. The maximum absolute atomic E-state index is 13.7. The van der Waals surface area contributed by atoms with Crippen molar-refractivity contribution in [1.82, 2.24) is 9.88 Å². The topological polar surface area (TPSA) is 54.6 Å². The molecule has 6 rings (SSSR count). The lowest BCUT2D eigenvalue weighted by molar-refractivity contribution is 0.0691. The van der Waals surface area contributed by atoms with Crippen molar-refractivity contribution in [1.29, 1.82) is 0 Å². The van der Waals surface area contributed by atoms with Crippen molar-refractivity contribution < 1.29 is 14.3 Å². The van der Waals surface area contributed by atoms with Crippen LogP contribution in [0.25, 0.3) is 10.9 Å². The van der Waals surface area contributed by atoms with Crippen LogP contribution in [-0.4, -0.2) is 29.1 Å². The molecule has 0 aliphatic carbocycles. The van der Waals surface area contributed by atoms with Gasteiger partial charge in [0.25, 0.3) is 5.91 Å². The molecule has 5 nitrogen and oxygen atoms in total. The van der Waals surface area contributed by atoms with Gasteiger partial charge in [0.1, 0.15) is 0 Å². The maximum Gasteiger partial charge on any atom is 0.254 e. The molecule has 1 N–H and O–H groups in total. The van der Waals surface area contributed by atoms with Crippen LogP contribution in [0.5, 0.6) is 11.5 Å². The monoisotopic (exact) mass is 410 g/mol. The quantitative estimate of drug-likeness (QED) is 0.506. The van der Waals surface area contributed by atoms with Gasteiger partial charge in [-0.1, -0.05) is 48.0 Å². The number of aromatic amines is 1. The second-order valence-corrected chi connectivity index (χ2v) is 8.19. The van der Waals surface area contributed by atoms with Crippen LogP contribution in [0.2, 0.25) is 0 Å². The maximum atomic E-state index is 13.7.